The molecule has 132 valence electrons. The number of nitrogens with one attached hydrogen (secondary N) is 3. The quantitative estimate of drug-likeness (QED) is 0.714. The Labute approximate surface area is 139 Å². The van der Waals surface area contributed by atoms with E-state index in [1.54, 1.807) is 0 Å². The molecule has 0 bridgehead atoms. The van der Waals surface area contributed by atoms with E-state index in [1.807, 2.05) is 4.90 Å². The fourth-order valence-electron chi connectivity index (χ4n) is 3.34. The molecule has 2 saturated heterocycles. The summed E-state index contributed by atoms with van der Waals surface area (Å²) in [5, 5.41) is 9.41. The smallest absolute Gasteiger partial charge is 0.317 e. The number of carbonyl (C=O) groups excluding carboxylic acids is 2. The fourth-order valence-corrected chi connectivity index (χ4v) is 3.34. The zero-order chi connectivity index (χ0) is 16.7. The van der Waals surface area contributed by atoms with E-state index in [1.165, 1.54) is 0 Å². The number of likely N-dealkylation sites (tertiary alicyclic amines) is 1. The Hall–Kier alpha value is -1.30. The summed E-state index contributed by atoms with van der Waals surface area (Å²) in [5.74, 6) is 0.868. The van der Waals surface area contributed by atoms with Crippen LogP contribution in [-0.4, -0.2) is 55.6 Å². The van der Waals surface area contributed by atoms with Crippen molar-refractivity contribution in [3.8, 4) is 0 Å². The third-order valence-electron chi connectivity index (χ3n) is 4.60. The van der Waals surface area contributed by atoms with E-state index in [-0.39, 0.29) is 23.9 Å². The molecule has 0 spiro atoms. The Kier molecular flexibility index (Phi) is 7.15. The van der Waals surface area contributed by atoms with Crippen molar-refractivity contribution in [3.05, 3.63) is 0 Å². The zero-order valence-corrected chi connectivity index (χ0v) is 14.6. The molecule has 0 aromatic heterocycles. The van der Waals surface area contributed by atoms with Gasteiger partial charge in [0.05, 0.1) is 0 Å². The van der Waals surface area contributed by atoms with Gasteiger partial charge in [0.15, 0.2) is 0 Å². The highest BCUT2D eigenvalue weighted by Gasteiger charge is 2.26. The van der Waals surface area contributed by atoms with Crippen LogP contribution in [0.1, 0.15) is 46.0 Å². The fraction of sp³-hybridized carbons (Fsp3) is 0.882. The van der Waals surface area contributed by atoms with Gasteiger partial charge in [0.25, 0.3) is 0 Å². The summed E-state index contributed by atoms with van der Waals surface area (Å²) in [6.07, 6.45) is 4.73. The molecule has 0 radical (unpaired) electrons. The van der Waals surface area contributed by atoms with Crippen molar-refractivity contribution in [1.29, 1.82) is 0 Å². The number of hydrogen-bond acceptors (Lipinski definition) is 3. The maximum atomic E-state index is 12.2. The van der Waals surface area contributed by atoms with Crippen molar-refractivity contribution in [2.75, 3.05) is 32.7 Å². The van der Waals surface area contributed by atoms with E-state index >= 15 is 0 Å². The van der Waals surface area contributed by atoms with Crippen molar-refractivity contribution in [1.82, 2.24) is 20.9 Å². The van der Waals surface area contributed by atoms with Crippen LogP contribution in [0.25, 0.3) is 0 Å². The lowest BCUT2D eigenvalue weighted by molar-refractivity contribution is -0.123. The van der Waals surface area contributed by atoms with Crippen LogP contribution >= 0.6 is 0 Å². The first kappa shape index (κ1) is 18.0. The largest absolute Gasteiger partial charge is 0.352 e. The molecule has 23 heavy (non-hydrogen) atoms. The maximum absolute atomic E-state index is 12.2. The van der Waals surface area contributed by atoms with Gasteiger partial charge in [-0.05, 0) is 44.1 Å². The number of amides is 3. The van der Waals surface area contributed by atoms with Crippen LogP contribution < -0.4 is 16.0 Å². The zero-order valence-electron chi connectivity index (χ0n) is 14.6. The van der Waals surface area contributed by atoms with Gasteiger partial charge in [0.1, 0.15) is 0 Å². The molecule has 2 aliphatic rings. The molecule has 2 fully saturated rings. The van der Waals surface area contributed by atoms with Gasteiger partial charge < -0.3 is 20.9 Å². The second kappa shape index (κ2) is 9.11. The van der Waals surface area contributed by atoms with Gasteiger partial charge in [-0.15, -0.1) is 0 Å². The molecular weight excluding hydrogens is 292 g/mol. The number of rotatable bonds is 5. The van der Waals surface area contributed by atoms with Crippen molar-refractivity contribution in [2.24, 2.45) is 11.8 Å². The van der Waals surface area contributed by atoms with Gasteiger partial charge in [-0.2, -0.15) is 0 Å². The summed E-state index contributed by atoms with van der Waals surface area (Å²) >= 11 is 0. The van der Waals surface area contributed by atoms with Gasteiger partial charge in [0.2, 0.25) is 5.91 Å². The third-order valence-corrected chi connectivity index (χ3v) is 4.60. The topological polar surface area (TPSA) is 73.5 Å². The average molecular weight is 324 g/mol. The Morgan fingerprint density at radius 3 is 2.78 bits per heavy atom. The monoisotopic (exact) mass is 324 g/mol. The van der Waals surface area contributed by atoms with Crippen LogP contribution in [-0.2, 0) is 4.79 Å². The van der Waals surface area contributed by atoms with Crippen LogP contribution in [0.2, 0.25) is 0 Å². The summed E-state index contributed by atoms with van der Waals surface area (Å²) in [4.78, 5) is 26.2. The molecule has 2 aliphatic heterocycles. The standard InChI is InChI=1S/C17H32N4O2/c1-13(2)10-19-17(23)21-8-4-5-14(12-21)9-16(22)20-15-6-3-7-18-11-15/h13-15,18H,3-12H2,1-2H3,(H,19,23)(H,20,22). The van der Waals surface area contributed by atoms with Crippen LogP contribution in [0.5, 0.6) is 0 Å². The Morgan fingerprint density at radius 1 is 1.26 bits per heavy atom. The first-order chi connectivity index (χ1) is 11.0. The number of urea groups is 1. The lowest BCUT2D eigenvalue weighted by Crippen LogP contribution is -2.48. The van der Waals surface area contributed by atoms with E-state index in [0.29, 0.717) is 25.4 Å². The summed E-state index contributed by atoms with van der Waals surface area (Å²) in [6, 6.07) is 0.283. The van der Waals surface area contributed by atoms with Gasteiger partial charge >= 0.3 is 6.03 Å². The minimum atomic E-state index is 0.0142. The first-order valence-corrected chi connectivity index (χ1v) is 9.07. The molecule has 0 aromatic carbocycles. The molecular formula is C17H32N4O2. The molecule has 0 aromatic rings. The average Bonchev–Trinajstić information content (AvgIpc) is 2.53. The van der Waals surface area contributed by atoms with E-state index in [4.69, 9.17) is 0 Å². The predicted octanol–water partition coefficient (Wildman–Crippen LogP) is 1.32. The Morgan fingerprint density at radius 2 is 2.09 bits per heavy atom. The maximum Gasteiger partial charge on any atom is 0.317 e. The normalized spacial score (nSPS) is 25.3. The molecule has 3 amide bonds. The first-order valence-electron chi connectivity index (χ1n) is 9.07. The van der Waals surface area contributed by atoms with Gasteiger partial charge in [0, 0.05) is 38.6 Å². The van der Waals surface area contributed by atoms with E-state index in [0.717, 1.165) is 45.3 Å². The molecule has 2 heterocycles. The lowest BCUT2D eigenvalue weighted by Gasteiger charge is -2.33. The van der Waals surface area contributed by atoms with E-state index < -0.39 is 0 Å². The van der Waals surface area contributed by atoms with Crippen molar-refractivity contribution in [2.45, 2.75) is 52.0 Å². The second-order valence-electron chi connectivity index (χ2n) is 7.35. The van der Waals surface area contributed by atoms with Gasteiger partial charge in [-0.25, -0.2) is 4.79 Å². The number of hydrogen-bond donors (Lipinski definition) is 3. The minimum Gasteiger partial charge on any atom is -0.352 e. The van der Waals surface area contributed by atoms with Crippen LogP contribution in [0.4, 0.5) is 4.79 Å². The highest BCUT2D eigenvalue weighted by Crippen LogP contribution is 2.20. The molecule has 0 aliphatic carbocycles. The van der Waals surface area contributed by atoms with E-state index in [2.05, 4.69) is 29.8 Å². The Bertz CT molecular complexity index is 394. The molecule has 3 N–H and O–H groups in total. The molecule has 2 unspecified atom stereocenters. The number of piperidine rings is 2. The second-order valence-corrected chi connectivity index (χ2v) is 7.35. The SMILES string of the molecule is CC(C)CNC(=O)N1CCCC(CC(=O)NC2CCCNC2)C1. The Balaban J connectivity index is 1.72. The van der Waals surface area contributed by atoms with Crippen molar-refractivity contribution >= 4 is 11.9 Å². The molecule has 2 atom stereocenters. The molecule has 6 nitrogen and oxygen atoms in total. The van der Waals surface area contributed by atoms with Gasteiger partial charge in [-0.3, -0.25) is 4.79 Å². The number of carbonyl (C=O) groups is 2. The van der Waals surface area contributed by atoms with Crippen LogP contribution in [0.3, 0.4) is 0 Å². The summed E-state index contributed by atoms with van der Waals surface area (Å²) in [7, 11) is 0. The molecule has 2 rings (SSSR count). The number of nitrogens with zero attached hydrogens (tertiary/aromatic N) is 1. The predicted molar refractivity (Wildman–Crippen MR) is 91.2 cm³/mol. The lowest BCUT2D eigenvalue weighted by atomic mass is 9.94. The van der Waals surface area contributed by atoms with Crippen molar-refractivity contribution < 1.29 is 9.59 Å². The highest BCUT2D eigenvalue weighted by molar-refractivity contribution is 5.77. The minimum absolute atomic E-state index is 0.0142. The summed E-state index contributed by atoms with van der Waals surface area (Å²) in [5.41, 5.74) is 0. The third kappa shape index (κ3) is 6.37. The summed E-state index contributed by atoms with van der Waals surface area (Å²) < 4.78 is 0. The molecule has 6 heteroatoms. The van der Waals surface area contributed by atoms with Gasteiger partial charge in [-0.1, -0.05) is 13.8 Å². The van der Waals surface area contributed by atoms with Crippen molar-refractivity contribution in [3.63, 3.8) is 0 Å². The molecule has 0 saturated carbocycles. The van der Waals surface area contributed by atoms with Crippen LogP contribution in [0, 0.1) is 11.8 Å². The van der Waals surface area contributed by atoms with Crippen LogP contribution in [0.15, 0.2) is 0 Å². The highest BCUT2D eigenvalue weighted by atomic mass is 16.2. The summed E-state index contributed by atoms with van der Waals surface area (Å²) in [6.45, 7) is 8.30. The van der Waals surface area contributed by atoms with E-state index in [9.17, 15) is 9.59 Å².